The van der Waals surface area contributed by atoms with E-state index in [0.717, 1.165) is 38.2 Å². The van der Waals surface area contributed by atoms with E-state index in [9.17, 15) is 14.7 Å². The Morgan fingerprint density at radius 2 is 2.07 bits per heavy atom. The van der Waals surface area contributed by atoms with Gasteiger partial charge in [0.05, 0.1) is 31.2 Å². The molecule has 2 N–H and O–H groups in total. The van der Waals surface area contributed by atoms with Gasteiger partial charge in [0.25, 0.3) is 0 Å². The van der Waals surface area contributed by atoms with Crippen molar-refractivity contribution in [3.05, 3.63) is 11.9 Å². The Bertz CT molecular complexity index is 715. The molecule has 1 unspecified atom stereocenters. The minimum Gasteiger partial charge on any atom is -0.550 e. The predicted molar refractivity (Wildman–Crippen MR) is 95.8 cm³/mol. The fraction of sp³-hybridized carbons (Fsp3) is 0.789. The number of hydrogen-bond donors (Lipinski definition) is 2. The highest BCUT2D eigenvalue weighted by Gasteiger charge is 2.47. The number of likely N-dealkylation sites (tertiary alicyclic amines) is 1. The Morgan fingerprint density at radius 1 is 1.29 bits per heavy atom. The number of piperidine rings is 4. The van der Waals surface area contributed by atoms with Gasteiger partial charge in [-0.15, -0.1) is 5.10 Å². The molecule has 4 fully saturated rings. The number of carboxylic acid groups (broad SMARTS) is 1. The Hall–Kier alpha value is -2.00. The molecule has 2 bridgehead atoms. The maximum absolute atomic E-state index is 13.1. The molecule has 4 saturated heterocycles. The SMILES string of the molecule is O=C([O-])C1CCN(C(=O)[C@H]2C[NH+]3CC[C@@H]2C[C@@H]3Cn2cc(CCO)nn2)CC1. The largest absolute Gasteiger partial charge is 0.550 e. The molecule has 0 spiro atoms. The Morgan fingerprint density at radius 3 is 2.71 bits per heavy atom. The lowest BCUT2D eigenvalue weighted by Gasteiger charge is -2.47. The molecule has 0 aliphatic carbocycles. The molecule has 9 heteroatoms. The van der Waals surface area contributed by atoms with E-state index in [1.807, 2.05) is 15.8 Å². The molecular formula is C19H29N5O4. The van der Waals surface area contributed by atoms with Gasteiger partial charge in [-0.05, 0) is 18.8 Å². The van der Waals surface area contributed by atoms with Gasteiger partial charge in [0, 0.05) is 57.0 Å². The van der Waals surface area contributed by atoms with Crippen molar-refractivity contribution in [3.63, 3.8) is 0 Å². The number of rotatable bonds is 6. The third-order valence-electron chi connectivity index (χ3n) is 6.87. The second kappa shape index (κ2) is 8.16. The van der Waals surface area contributed by atoms with Gasteiger partial charge in [-0.25, -0.2) is 4.68 Å². The zero-order chi connectivity index (χ0) is 19.7. The topological polar surface area (TPSA) is 116 Å². The van der Waals surface area contributed by atoms with Crippen molar-refractivity contribution in [2.24, 2.45) is 17.8 Å². The fourth-order valence-electron chi connectivity index (χ4n) is 5.25. The number of aliphatic carboxylic acids is 1. The highest BCUT2D eigenvalue weighted by molar-refractivity contribution is 5.80. The number of nitrogens with one attached hydrogen (secondary N) is 1. The second-order valence-corrected chi connectivity index (χ2v) is 8.52. The maximum Gasteiger partial charge on any atom is 0.231 e. The van der Waals surface area contributed by atoms with E-state index in [4.69, 9.17) is 5.11 Å². The van der Waals surface area contributed by atoms with Crippen LogP contribution in [-0.2, 0) is 22.6 Å². The summed E-state index contributed by atoms with van der Waals surface area (Å²) in [6.45, 7) is 3.88. The summed E-state index contributed by atoms with van der Waals surface area (Å²) in [5.41, 5.74) is 0.807. The second-order valence-electron chi connectivity index (χ2n) is 8.52. The molecule has 4 aliphatic rings. The molecule has 0 aromatic carbocycles. The molecule has 0 saturated carbocycles. The Labute approximate surface area is 164 Å². The highest BCUT2D eigenvalue weighted by atomic mass is 16.4. The van der Waals surface area contributed by atoms with Crippen LogP contribution in [-0.4, -0.2) is 75.7 Å². The Kier molecular flexibility index (Phi) is 5.63. The van der Waals surface area contributed by atoms with Crippen molar-refractivity contribution < 1.29 is 24.7 Å². The molecule has 1 amide bonds. The van der Waals surface area contributed by atoms with Crippen molar-refractivity contribution in [3.8, 4) is 0 Å². The Balaban J connectivity index is 1.33. The van der Waals surface area contributed by atoms with Crippen molar-refractivity contribution in [2.45, 2.75) is 44.7 Å². The van der Waals surface area contributed by atoms with Gasteiger partial charge >= 0.3 is 0 Å². The molecule has 154 valence electrons. The maximum atomic E-state index is 13.1. The van der Waals surface area contributed by atoms with Crippen molar-refractivity contribution in [2.75, 3.05) is 32.8 Å². The van der Waals surface area contributed by atoms with Crippen LogP contribution in [0.5, 0.6) is 0 Å². The van der Waals surface area contributed by atoms with E-state index < -0.39 is 11.9 Å². The van der Waals surface area contributed by atoms with E-state index in [0.29, 0.717) is 44.3 Å². The van der Waals surface area contributed by atoms with Crippen LogP contribution in [0.25, 0.3) is 0 Å². The van der Waals surface area contributed by atoms with Crippen LogP contribution < -0.4 is 10.0 Å². The number of fused-ring (bicyclic) bond motifs is 3. The molecule has 5 rings (SSSR count). The average Bonchev–Trinajstić information content (AvgIpc) is 3.15. The summed E-state index contributed by atoms with van der Waals surface area (Å²) < 4.78 is 1.87. The average molecular weight is 391 g/mol. The molecule has 28 heavy (non-hydrogen) atoms. The molecule has 5 heterocycles. The number of amides is 1. The number of aliphatic hydroxyl groups excluding tert-OH is 1. The van der Waals surface area contributed by atoms with Crippen molar-refractivity contribution in [1.29, 1.82) is 0 Å². The summed E-state index contributed by atoms with van der Waals surface area (Å²) in [7, 11) is 0. The standard InChI is InChI=1S/C19H29N5O4/c25-8-4-15-10-24(21-20-15)11-16-9-14-3-7-23(16)12-17(14)18(26)22-5-1-13(2-6-22)19(27)28/h10,13-14,16-17,25H,1-9,11-12H2,(H,27,28)/t14-,16-,17+/m1/s1. The molecule has 1 aromatic rings. The van der Waals surface area contributed by atoms with Crippen molar-refractivity contribution in [1.82, 2.24) is 19.9 Å². The number of carbonyl (C=O) groups excluding carboxylic acids is 2. The first-order chi connectivity index (χ1) is 13.5. The number of hydrogen-bond acceptors (Lipinski definition) is 6. The number of aliphatic hydroxyl groups is 1. The van der Waals surface area contributed by atoms with Gasteiger partial charge in [0.2, 0.25) is 5.91 Å². The van der Waals surface area contributed by atoms with Gasteiger partial charge in [0.1, 0.15) is 6.04 Å². The summed E-state index contributed by atoms with van der Waals surface area (Å²) >= 11 is 0. The van der Waals surface area contributed by atoms with E-state index >= 15 is 0 Å². The van der Waals surface area contributed by atoms with Gasteiger partial charge in [-0.1, -0.05) is 5.21 Å². The lowest BCUT2D eigenvalue weighted by Crippen LogP contribution is -3.20. The quantitative estimate of drug-likeness (QED) is 0.537. The molecule has 1 aromatic heterocycles. The van der Waals surface area contributed by atoms with E-state index in [-0.39, 0.29) is 18.4 Å². The first-order valence-corrected chi connectivity index (χ1v) is 10.4. The fourth-order valence-corrected chi connectivity index (χ4v) is 5.25. The van der Waals surface area contributed by atoms with E-state index in [2.05, 4.69) is 10.3 Å². The minimum atomic E-state index is -0.988. The van der Waals surface area contributed by atoms with E-state index in [1.165, 1.54) is 4.90 Å². The van der Waals surface area contributed by atoms with Crippen LogP contribution in [0.3, 0.4) is 0 Å². The number of nitrogens with zero attached hydrogens (tertiary/aromatic N) is 4. The summed E-state index contributed by atoms with van der Waals surface area (Å²) in [5, 5.41) is 28.3. The van der Waals surface area contributed by atoms with Crippen LogP contribution in [0.2, 0.25) is 0 Å². The zero-order valence-electron chi connectivity index (χ0n) is 16.1. The van der Waals surface area contributed by atoms with Gasteiger partial charge in [-0.2, -0.15) is 0 Å². The predicted octanol–water partition coefficient (Wildman–Crippen LogP) is -2.91. The third kappa shape index (κ3) is 3.91. The van der Waals surface area contributed by atoms with Crippen LogP contribution in [0.4, 0.5) is 0 Å². The normalized spacial score (nSPS) is 30.5. The van der Waals surface area contributed by atoms with Gasteiger partial charge < -0.3 is 24.8 Å². The van der Waals surface area contributed by atoms with E-state index in [1.54, 1.807) is 0 Å². The molecule has 4 atom stereocenters. The zero-order valence-corrected chi connectivity index (χ0v) is 16.1. The van der Waals surface area contributed by atoms with Gasteiger partial charge in [-0.3, -0.25) is 4.79 Å². The molecule has 9 nitrogen and oxygen atoms in total. The highest BCUT2D eigenvalue weighted by Crippen LogP contribution is 2.30. The molecule has 0 radical (unpaired) electrons. The lowest BCUT2D eigenvalue weighted by atomic mass is 9.74. The monoisotopic (exact) mass is 391 g/mol. The summed E-state index contributed by atoms with van der Waals surface area (Å²) in [6, 6.07) is 0.440. The summed E-state index contributed by atoms with van der Waals surface area (Å²) in [5.74, 6) is -0.737. The number of carboxylic acids is 1. The molecular weight excluding hydrogens is 362 g/mol. The van der Waals surface area contributed by atoms with Crippen LogP contribution >= 0.6 is 0 Å². The smallest absolute Gasteiger partial charge is 0.231 e. The number of quaternary nitrogens is 1. The minimum absolute atomic E-state index is 0.0557. The van der Waals surface area contributed by atoms with Crippen LogP contribution in [0.1, 0.15) is 31.4 Å². The molecule has 4 aliphatic heterocycles. The number of aromatic nitrogens is 3. The van der Waals surface area contributed by atoms with Crippen molar-refractivity contribution >= 4 is 11.9 Å². The summed E-state index contributed by atoms with van der Waals surface area (Å²) in [6.07, 6.45) is 5.53. The summed E-state index contributed by atoms with van der Waals surface area (Å²) in [4.78, 5) is 27.4. The lowest BCUT2D eigenvalue weighted by molar-refractivity contribution is -0.945. The van der Waals surface area contributed by atoms with Crippen LogP contribution in [0.15, 0.2) is 6.20 Å². The third-order valence-corrected chi connectivity index (χ3v) is 6.87. The number of carbonyl (C=O) groups is 2. The van der Waals surface area contributed by atoms with Crippen LogP contribution in [0, 0.1) is 17.8 Å². The van der Waals surface area contributed by atoms with Gasteiger partial charge in [0.15, 0.2) is 0 Å². The first kappa shape index (κ1) is 19.3. The first-order valence-electron chi connectivity index (χ1n) is 10.4.